The maximum atomic E-state index is 11.7. The minimum Gasteiger partial charge on any atom is -0.504 e. The highest BCUT2D eigenvalue weighted by Gasteiger charge is 2.12. The summed E-state index contributed by atoms with van der Waals surface area (Å²) >= 11 is 0. The molecule has 0 atom stereocenters. The number of hydrogen-bond acceptors (Lipinski definition) is 5. The molecule has 3 N–H and O–H groups in total. The second-order valence-electron chi connectivity index (χ2n) is 4.68. The lowest BCUT2D eigenvalue weighted by atomic mass is 10.2. The van der Waals surface area contributed by atoms with E-state index in [4.69, 9.17) is 4.74 Å². The Balaban J connectivity index is 1.92. The minimum atomic E-state index is -0.890. The number of anilines is 1. The lowest BCUT2D eigenvalue weighted by molar-refractivity contribution is -0.136. The lowest BCUT2D eigenvalue weighted by Gasteiger charge is -2.06. The van der Waals surface area contributed by atoms with Crippen molar-refractivity contribution >= 4 is 23.7 Å². The van der Waals surface area contributed by atoms with Crippen molar-refractivity contribution in [2.24, 2.45) is 5.10 Å². The average molecular weight is 327 g/mol. The zero-order valence-electron chi connectivity index (χ0n) is 13.0. The molecule has 0 saturated carbocycles. The van der Waals surface area contributed by atoms with E-state index < -0.39 is 11.8 Å². The molecule has 0 aliphatic rings. The topological polar surface area (TPSA) is 100 Å². The molecule has 24 heavy (non-hydrogen) atoms. The Morgan fingerprint density at radius 2 is 1.92 bits per heavy atom. The Hall–Kier alpha value is -3.35. The van der Waals surface area contributed by atoms with Gasteiger partial charge in [-0.2, -0.15) is 5.10 Å². The molecule has 0 radical (unpaired) electrons. The third-order valence-corrected chi connectivity index (χ3v) is 2.90. The largest absolute Gasteiger partial charge is 0.504 e. The molecule has 0 spiro atoms. The van der Waals surface area contributed by atoms with E-state index in [9.17, 15) is 14.7 Å². The normalized spacial score (nSPS) is 10.4. The van der Waals surface area contributed by atoms with Gasteiger partial charge in [-0.3, -0.25) is 9.59 Å². The summed E-state index contributed by atoms with van der Waals surface area (Å²) in [5, 5.41) is 15.8. The van der Waals surface area contributed by atoms with E-state index in [-0.39, 0.29) is 5.75 Å². The third kappa shape index (κ3) is 4.84. The van der Waals surface area contributed by atoms with Gasteiger partial charge in [-0.25, -0.2) is 5.43 Å². The highest BCUT2D eigenvalue weighted by Crippen LogP contribution is 2.26. The van der Waals surface area contributed by atoms with Crippen LogP contribution in [0.5, 0.6) is 11.5 Å². The number of carbonyl (C=O) groups is 2. The van der Waals surface area contributed by atoms with Gasteiger partial charge in [-0.05, 0) is 42.8 Å². The average Bonchev–Trinajstić information content (AvgIpc) is 2.58. The number of amides is 2. The van der Waals surface area contributed by atoms with Gasteiger partial charge in [0.05, 0.1) is 12.8 Å². The van der Waals surface area contributed by atoms with Crippen LogP contribution in [0.2, 0.25) is 0 Å². The van der Waals surface area contributed by atoms with Crippen molar-refractivity contribution in [3.8, 4) is 11.5 Å². The monoisotopic (exact) mass is 327 g/mol. The molecule has 124 valence electrons. The summed E-state index contributed by atoms with van der Waals surface area (Å²) in [5.41, 5.74) is 3.24. The molecule has 7 heteroatoms. The SMILES string of the molecule is CCOc1cc(C=NNC(=O)C(=O)Nc2ccccc2)ccc1O. The molecule has 2 aromatic rings. The predicted octanol–water partition coefficient (Wildman–Crippen LogP) is 1.88. The van der Waals surface area contributed by atoms with Crippen LogP contribution in [-0.2, 0) is 9.59 Å². The third-order valence-electron chi connectivity index (χ3n) is 2.90. The van der Waals surface area contributed by atoms with Gasteiger partial charge in [0.15, 0.2) is 11.5 Å². The van der Waals surface area contributed by atoms with Gasteiger partial charge in [-0.15, -0.1) is 0 Å². The van der Waals surface area contributed by atoms with Gasteiger partial charge in [0.1, 0.15) is 0 Å². The fraction of sp³-hybridized carbons (Fsp3) is 0.118. The van der Waals surface area contributed by atoms with Gasteiger partial charge in [-0.1, -0.05) is 18.2 Å². The number of aromatic hydroxyl groups is 1. The summed E-state index contributed by atoms with van der Waals surface area (Å²) in [5.74, 6) is -1.38. The summed E-state index contributed by atoms with van der Waals surface area (Å²) in [6.45, 7) is 2.20. The fourth-order valence-corrected chi connectivity index (χ4v) is 1.81. The highest BCUT2D eigenvalue weighted by molar-refractivity contribution is 6.39. The van der Waals surface area contributed by atoms with Crippen molar-refractivity contribution in [3.05, 3.63) is 54.1 Å². The Kier molecular flexibility index (Phi) is 5.90. The number of para-hydroxylation sites is 1. The quantitative estimate of drug-likeness (QED) is 0.443. The second kappa shape index (κ2) is 8.33. The van der Waals surface area contributed by atoms with Gasteiger partial charge in [0.25, 0.3) is 0 Å². The molecule has 2 rings (SSSR count). The summed E-state index contributed by atoms with van der Waals surface area (Å²) in [6.07, 6.45) is 1.34. The number of carbonyl (C=O) groups excluding carboxylic acids is 2. The van der Waals surface area contributed by atoms with E-state index in [1.807, 2.05) is 0 Å². The van der Waals surface area contributed by atoms with Crippen LogP contribution in [0.1, 0.15) is 12.5 Å². The maximum absolute atomic E-state index is 11.7. The molecule has 0 bridgehead atoms. The van der Waals surface area contributed by atoms with Gasteiger partial charge in [0, 0.05) is 5.69 Å². The second-order valence-corrected chi connectivity index (χ2v) is 4.68. The number of benzene rings is 2. The fourth-order valence-electron chi connectivity index (χ4n) is 1.81. The number of hydrogen-bond donors (Lipinski definition) is 3. The molecule has 0 aliphatic heterocycles. The van der Waals surface area contributed by atoms with Crippen molar-refractivity contribution in [2.45, 2.75) is 6.92 Å². The first kappa shape index (κ1) is 17.0. The maximum Gasteiger partial charge on any atom is 0.329 e. The van der Waals surface area contributed by atoms with Gasteiger partial charge in [0.2, 0.25) is 0 Å². The molecular weight excluding hydrogens is 310 g/mol. The van der Waals surface area contributed by atoms with E-state index in [2.05, 4.69) is 15.8 Å². The van der Waals surface area contributed by atoms with Crippen LogP contribution in [0.15, 0.2) is 53.6 Å². The van der Waals surface area contributed by atoms with Crippen molar-refractivity contribution in [3.63, 3.8) is 0 Å². The lowest BCUT2D eigenvalue weighted by Crippen LogP contribution is -2.32. The van der Waals surface area contributed by atoms with Crippen LogP contribution < -0.4 is 15.5 Å². The summed E-state index contributed by atoms with van der Waals surface area (Å²) in [4.78, 5) is 23.3. The minimum absolute atomic E-state index is 0.0141. The summed E-state index contributed by atoms with van der Waals surface area (Å²) < 4.78 is 5.25. The highest BCUT2D eigenvalue weighted by atomic mass is 16.5. The zero-order valence-corrected chi connectivity index (χ0v) is 13.0. The molecule has 0 aliphatic carbocycles. The summed E-state index contributed by atoms with van der Waals surface area (Å²) in [6, 6.07) is 13.2. The smallest absolute Gasteiger partial charge is 0.329 e. The Labute approximate surface area is 139 Å². The van der Waals surface area contributed by atoms with Crippen LogP contribution in [-0.4, -0.2) is 29.7 Å². The number of phenolic OH excluding ortho intramolecular Hbond substituents is 1. The van der Waals surface area contributed by atoms with E-state index >= 15 is 0 Å². The molecular formula is C17H17N3O4. The van der Waals surface area contributed by atoms with Crippen molar-refractivity contribution < 1.29 is 19.4 Å². The molecule has 2 amide bonds. The zero-order chi connectivity index (χ0) is 17.4. The van der Waals surface area contributed by atoms with Crippen LogP contribution >= 0.6 is 0 Å². The van der Waals surface area contributed by atoms with E-state index in [1.165, 1.54) is 12.3 Å². The first-order chi connectivity index (χ1) is 11.6. The molecule has 0 heterocycles. The number of nitrogens with zero attached hydrogens (tertiary/aromatic N) is 1. The Morgan fingerprint density at radius 3 is 2.62 bits per heavy atom. The standard InChI is InChI=1S/C17H17N3O4/c1-2-24-15-10-12(8-9-14(15)21)11-18-20-17(23)16(22)19-13-6-4-3-5-7-13/h3-11,21H,2H2,1H3,(H,19,22)(H,20,23). The van der Waals surface area contributed by atoms with E-state index in [0.29, 0.717) is 23.6 Å². The number of rotatable bonds is 5. The molecule has 7 nitrogen and oxygen atoms in total. The van der Waals surface area contributed by atoms with Crippen LogP contribution in [0, 0.1) is 0 Å². The number of nitrogens with one attached hydrogen (secondary N) is 2. The van der Waals surface area contributed by atoms with Gasteiger partial charge >= 0.3 is 11.8 Å². The molecule has 0 saturated heterocycles. The molecule has 0 aromatic heterocycles. The van der Waals surface area contributed by atoms with Crippen LogP contribution in [0.3, 0.4) is 0 Å². The van der Waals surface area contributed by atoms with Gasteiger partial charge < -0.3 is 15.2 Å². The number of ether oxygens (including phenoxy) is 1. The van der Waals surface area contributed by atoms with Crippen molar-refractivity contribution in [1.82, 2.24) is 5.43 Å². The predicted molar refractivity (Wildman–Crippen MR) is 90.1 cm³/mol. The number of phenols is 1. The first-order valence-electron chi connectivity index (χ1n) is 7.25. The number of hydrazone groups is 1. The van der Waals surface area contributed by atoms with Crippen molar-refractivity contribution in [1.29, 1.82) is 0 Å². The Bertz CT molecular complexity index is 745. The van der Waals surface area contributed by atoms with Crippen LogP contribution in [0.4, 0.5) is 5.69 Å². The first-order valence-corrected chi connectivity index (χ1v) is 7.25. The summed E-state index contributed by atoms with van der Waals surface area (Å²) in [7, 11) is 0. The van der Waals surface area contributed by atoms with Crippen LogP contribution in [0.25, 0.3) is 0 Å². The van der Waals surface area contributed by atoms with Crippen molar-refractivity contribution in [2.75, 3.05) is 11.9 Å². The van der Waals surface area contributed by atoms with E-state index in [1.54, 1.807) is 49.4 Å². The molecule has 0 unspecified atom stereocenters. The molecule has 0 fully saturated rings. The Morgan fingerprint density at radius 1 is 1.17 bits per heavy atom. The molecule has 2 aromatic carbocycles. The van der Waals surface area contributed by atoms with E-state index in [0.717, 1.165) is 0 Å².